The van der Waals surface area contributed by atoms with Gasteiger partial charge in [-0.15, -0.1) is 0 Å². The van der Waals surface area contributed by atoms with Crippen LogP contribution in [-0.4, -0.2) is 4.57 Å². The maximum absolute atomic E-state index is 13.8. The predicted molar refractivity (Wildman–Crippen MR) is 87.9 cm³/mol. The van der Waals surface area contributed by atoms with Crippen molar-refractivity contribution >= 4 is 10.9 Å². The maximum atomic E-state index is 13.8. The van der Waals surface area contributed by atoms with Gasteiger partial charge in [0.1, 0.15) is 5.82 Å². The summed E-state index contributed by atoms with van der Waals surface area (Å²) in [4.78, 5) is 0. The topological polar surface area (TPSA) is 30.9 Å². The molecule has 0 saturated heterocycles. The van der Waals surface area contributed by atoms with Gasteiger partial charge in [0.2, 0.25) is 0 Å². The molecule has 1 aromatic heterocycles. The molecule has 22 heavy (non-hydrogen) atoms. The van der Waals surface area contributed by atoms with Crippen LogP contribution >= 0.6 is 0 Å². The van der Waals surface area contributed by atoms with Crippen LogP contribution in [0, 0.1) is 11.7 Å². The number of hydrogen-bond donors (Lipinski definition) is 1. The summed E-state index contributed by atoms with van der Waals surface area (Å²) in [6, 6.07) is 15.2. The van der Waals surface area contributed by atoms with Crippen molar-refractivity contribution in [2.24, 2.45) is 11.7 Å². The average Bonchev–Trinajstić information content (AvgIpc) is 3.30. The Hall–Kier alpha value is -2.13. The van der Waals surface area contributed by atoms with E-state index in [9.17, 15) is 4.39 Å². The molecule has 0 amide bonds. The number of nitrogens with zero attached hydrogens (tertiary/aromatic N) is 1. The highest BCUT2D eigenvalue weighted by Gasteiger charge is 2.25. The van der Waals surface area contributed by atoms with E-state index in [2.05, 4.69) is 16.7 Å². The smallest absolute Gasteiger partial charge is 0.123 e. The summed E-state index contributed by atoms with van der Waals surface area (Å²) in [6.45, 7) is 1.45. The Bertz CT molecular complexity index is 816. The van der Waals surface area contributed by atoms with Gasteiger partial charge < -0.3 is 10.3 Å². The van der Waals surface area contributed by atoms with Crippen molar-refractivity contribution in [1.29, 1.82) is 0 Å². The molecule has 3 heteroatoms. The molecular formula is C19H19FN2. The van der Waals surface area contributed by atoms with E-state index in [-0.39, 0.29) is 5.82 Å². The first-order valence-electron chi connectivity index (χ1n) is 7.84. The standard InChI is InChI=1S/C19H19FN2/c20-15-8-9-17-16(10-15)19(14-4-2-1-3-5-14)18(11-21)22(17)12-13-6-7-13/h1-5,8-10,13H,6-7,11-12,21H2. The van der Waals surface area contributed by atoms with Crippen LogP contribution in [0.2, 0.25) is 0 Å². The van der Waals surface area contributed by atoms with Crippen LogP contribution in [-0.2, 0) is 13.1 Å². The number of halogens is 1. The first kappa shape index (κ1) is 13.5. The molecule has 1 aliphatic carbocycles. The van der Waals surface area contributed by atoms with Crippen LogP contribution in [0.5, 0.6) is 0 Å². The summed E-state index contributed by atoms with van der Waals surface area (Å²) in [5, 5.41) is 0.965. The molecule has 0 aliphatic heterocycles. The quantitative estimate of drug-likeness (QED) is 0.763. The van der Waals surface area contributed by atoms with Crippen LogP contribution in [0.4, 0.5) is 4.39 Å². The summed E-state index contributed by atoms with van der Waals surface area (Å²) in [5.41, 5.74) is 10.5. The van der Waals surface area contributed by atoms with Crippen molar-refractivity contribution in [1.82, 2.24) is 4.57 Å². The molecule has 2 aromatic carbocycles. The number of nitrogens with two attached hydrogens (primary N) is 1. The van der Waals surface area contributed by atoms with E-state index in [4.69, 9.17) is 5.73 Å². The minimum absolute atomic E-state index is 0.197. The molecule has 1 fully saturated rings. The normalized spacial score (nSPS) is 14.6. The summed E-state index contributed by atoms with van der Waals surface area (Å²) in [7, 11) is 0. The van der Waals surface area contributed by atoms with Crippen molar-refractivity contribution in [3.8, 4) is 11.1 Å². The SMILES string of the molecule is NCc1c(-c2ccccc2)c2cc(F)ccc2n1CC1CC1. The largest absolute Gasteiger partial charge is 0.342 e. The van der Waals surface area contributed by atoms with Gasteiger partial charge >= 0.3 is 0 Å². The van der Waals surface area contributed by atoms with Gasteiger partial charge in [-0.05, 0) is 42.5 Å². The van der Waals surface area contributed by atoms with Gasteiger partial charge in [-0.1, -0.05) is 30.3 Å². The summed E-state index contributed by atoms with van der Waals surface area (Å²) < 4.78 is 16.1. The van der Waals surface area contributed by atoms with E-state index in [0.717, 1.165) is 40.2 Å². The van der Waals surface area contributed by atoms with Crippen LogP contribution in [0.1, 0.15) is 18.5 Å². The molecule has 0 bridgehead atoms. The fourth-order valence-corrected chi connectivity index (χ4v) is 3.29. The first-order valence-corrected chi connectivity index (χ1v) is 7.84. The van der Waals surface area contributed by atoms with E-state index >= 15 is 0 Å². The summed E-state index contributed by atoms with van der Waals surface area (Å²) >= 11 is 0. The lowest BCUT2D eigenvalue weighted by molar-refractivity contribution is 0.619. The molecule has 3 aromatic rings. The Morgan fingerprint density at radius 3 is 2.55 bits per heavy atom. The average molecular weight is 294 g/mol. The van der Waals surface area contributed by atoms with Gasteiger partial charge in [0.25, 0.3) is 0 Å². The predicted octanol–water partition coefficient (Wildman–Crippen LogP) is 4.32. The number of rotatable bonds is 4. The summed E-state index contributed by atoms with van der Waals surface area (Å²) in [5.74, 6) is 0.548. The minimum atomic E-state index is -0.197. The zero-order valence-corrected chi connectivity index (χ0v) is 12.4. The van der Waals surface area contributed by atoms with Crippen molar-refractivity contribution in [3.63, 3.8) is 0 Å². The van der Waals surface area contributed by atoms with Gasteiger partial charge in [0.05, 0.1) is 0 Å². The van der Waals surface area contributed by atoms with E-state index in [1.54, 1.807) is 12.1 Å². The van der Waals surface area contributed by atoms with Crippen LogP contribution in [0.25, 0.3) is 22.0 Å². The van der Waals surface area contributed by atoms with E-state index in [1.807, 2.05) is 24.3 Å². The highest BCUT2D eigenvalue weighted by atomic mass is 19.1. The van der Waals surface area contributed by atoms with Gasteiger partial charge in [-0.25, -0.2) is 4.39 Å². The van der Waals surface area contributed by atoms with Gasteiger partial charge in [-0.2, -0.15) is 0 Å². The zero-order valence-electron chi connectivity index (χ0n) is 12.4. The second-order valence-electron chi connectivity index (χ2n) is 6.11. The van der Waals surface area contributed by atoms with Crippen molar-refractivity contribution in [3.05, 3.63) is 60.0 Å². The van der Waals surface area contributed by atoms with E-state index < -0.39 is 0 Å². The third-order valence-electron chi connectivity index (χ3n) is 4.53. The molecule has 1 aliphatic rings. The van der Waals surface area contributed by atoms with Gasteiger partial charge in [0, 0.05) is 35.2 Å². The Morgan fingerprint density at radius 1 is 1.09 bits per heavy atom. The Balaban J connectivity index is 2.02. The number of hydrogen-bond acceptors (Lipinski definition) is 1. The van der Waals surface area contributed by atoms with Crippen molar-refractivity contribution < 1.29 is 4.39 Å². The van der Waals surface area contributed by atoms with Gasteiger partial charge in [0.15, 0.2) is 0 Å². The highest BCUT2D eigenvalue weighted by Crippen LogP contribution is 2.38. The third kappa shape index (κ3) is 2.22. The molecule has 4 rings (SSSR count). The minimum Gasteiger partial charge on any atom is -0.342 e. The van der Waals surface area contributed by atoms with E-state index in [1.165, 1.54) is 12.8 Å². The molecule has 1 saturated carbocycles. The molecule has 2 N–H and O–H groups in total. The number of aromatic nitrogens is 1. The van der Waals surface area contributed by atoms with Crippen molar-refractivity contribution in [2.45, 2.75) is 25.9 Å². The lowest BCUT2D eigenvalue weighted by Crippen LogP contribution is -2.09. The fraction of sp³-hybridized carbons (Fsp3) is 0.263. The van der Waals surface area contributed by atoms with Gasteiger partial charge in [-0.3, -0.25) is 0 Å². The molecule has 0 unspecified atom stereocenters. The summed E-state index contributed by atoms with van der Waals surface area (Å²) in [6.07, 6.45) is 2.57. The Morgan fingerprint density at radius 2 is 1.86 bits per heavy atom. The second kappa shape index (κ2) is 5.25. The second-order valence-corrected chi connectivity index (χ2v) is 6.11. The lowest BCUT2D eigenvalue weighted by atomic mass is 10.0. The lowest BCUT2D eigenvalue weighted by Gasteiger charge is -2.10. The maximum Gasteiger partial charge on any atom is 0.123 e. The monoisotopic (exact) mass is 294 g/mol. The molecule has 0 radical (unpaired) electrons. The molecule has 0 atom stereocenters. The first-order chi connectivity index (χ1) is 10.8. The molecule has 0 spiro atoms. The number of benzene rings is 2. The third-order valence-corrected chi connectivity index (χ3v) is 4.53. The molecule has 2 nitrogen and oxygen atoms in total. The zero-order chi connectivity index (χ0) is 15.1. The van der Waals surface area contributed by atoms with E-state index in [0.29, 0.717) is 6.54 Å². The number of fused-ring (bicyclic) bond motifs is 1. The fourth-order valence-electron chi connectivity index (χ4n) is 3.29. The van der Waals surface area contributed by atoms with Crippen molar-refractivity contribution in [2.75, 3.05) is 0 Å². The van der Waals surface area contributed by atoms with Crippen LogP contribution < -0.4 is 5.73 Å². The highest BCUT2D eigenvalue weighted by molar-refractivity contribution is 5.98. The Kier molecular flexibility index (Phi) is 3.23. The molecule has 112 valence electrons. The van der Waals surface area contributed by atoms with Crippen LogP contribution in [0.15, 0.2) is 48.5 Å². The molecular weight excluding hydrogens is 275 g/mol. The Labute approximate surface area is 129 Å². The molecule has 1 heterocycles. The van der Waals surface area contributed by atoms with Crippen LogP contribution in [0.3, 0.4) is 0 Å².